The molecule has 2 aromatic rings. The second kappa shape index (κ2) is 6.60. The van der Waals surface area contributed by atoms with E-state index in [0.29, 0.717) is 12.0 Å². The Bertz CT molecular complexity index is 528. The van der Waals surface area contributed by atoms with E-state index in [1.54, 1.807) is 0 Å². The molecule has 1 heteroatoms. The summed E-state index contributed by atoms with van der Waals surface area (Å²) in [5.74, 6) is 0.668. The van der Waals surface area contributed by atoms with Gasteiger partial charge in [-0.15, -0.1) is 0 Å². The van der Waals surface area contributed by atoms with Crippen LogP contribution in [0, 0.1) is 5.92 Å². The third-order valence-electron chi connectivity index (χ3n) is 3.43. The van der Waals surface area contributed by atoms with E-state index in [2.05, 4.69) is 87.2 Å². The van der Waals surface area contributed by atoms with Gasteiger partial charge in [0, 0.05) is 17.4 Å². The summed E-state index contributed by atoms with van der Waals surface area (Å²) in [4.78, 5) is 2.43. The molecule has 0 saturated heterocycles. The predicted octanol–water partition coefficient (Wildman–Crippen LogP) is 5.43. The summed E-state index contributed by atoms with van der Waals surface area (Å²) in [5, 5.41) is 0. The molecule has 1 nitrogen and oxygen atoms in total. The monoisotopic (exact) mass is 267 g/mol. The lowest BCUT2D eigenvalue weighted by molar-refractivity contribution is 0.644. The van der Waals surface area contributed by atoms with Crippen LogP contribution < -0.4 is 4.90 Å². The maximum atomic E-state index is 2.43. The lowest BCUT2D eigenvalue weighted by atomic mass is 9.99. The molecule has 0 bridgehead atoms. The minimum atomic E-state index is 0.436. The first-order valence-corrected chi connectivity index (χ1v) is 7.51. The Labute approximate surface area is 123 Å². The molecular weight excluding hydrogens is 242 g/mol. The molecule has 0 aliphatic carbocycles. The van der Waals surface area contributed by atoms with Crippen molar-refractivity contribution in [3.05, 3.63) is 60.2 Å². The van der Waals surface area contributed by atoms with E-state index in [-0.39, 0.29) is 0 Å². The maximum absolute atomic E-state index is 2.43. The van der Waals surface area contributed by atoms with Crippen molar-refractivity contribution in [2.45, 2.75) is 40.2 Å². The number of para-hydroxylation sites is 2. The fourth-order valence-corrected chi connectivity index (χ4v) is 2.66. The molecule has 0 saturated carbocycles. The molecule has 0 fully saturated rings. The summed E-state index contributed by atoms with van der Waals surface area (Å²) >= 11 is 0. The summed E-state index contributed by atoms with van der Waals surface area (Å²) in [7, 11) is 0. The zero-order valence-electron chi connectivity index (χ0n) is 13.0. The number of anilines is 2. The number of hydrogen-bond acceptors (Lipinski definition) is 1. The number of rotatable bonds is 5. The van der Waals surface area contributed by atoms with E-state index in [0.717, 1.165) is 6.42 Å². The highest BCUT2D eigenvalue weighted by Crippen LogP contribution is 2.31. The van der Waals surface area contributed by atoms with Crippen molar-refractivity contribution in [3.8, 4) is 0 Å². The van der Waals surface area contributed by atoms with E-state index in [1.165, 1.54) is 16.9 Å². The first kappa shape index (κ1) is 14.6. The first-order valence-electron chi connectivity index (χ1n) is 7.51. The highest BCUT2D eigenvalue weighted by molar-refractivity contribution is 5.67. The minimum Gasteiger partial charge on any atom is -0.339 e. The van der Waals surface area contributed by atoms with Crippen LogP contribution in [0.15, 0.2) is 54.6 Å². The summed E-state index contributed by atoms with van der Waals surface area (Å²) in [5.41, 5.74) is 4.03. The molecule has 0 spiro atoms. The molecule has 0 heterocycles. The van der Waals surface area contributed by atoms with Crippen LogP contribution in [0.1, 0.15) is 33.3 Å². The molecule has 0 unspecified atom stereocenters. The van der Waals surface area contributed by atoms with Crippen LogP contribution in [-0.4, -0.2) is 6.04 Å². The molecule has 0 radical (unpaired) electrons. The average Bonchev–Trinajstić information content (AvgIpc) is 2.41. The van der Waals surface area contributed by atoms with Gasteiger partial charge in [-0.05, 0) is 49.9 Å². The average molecular weight is 267 g/mol. The van der Waals surface area contributed by atoms with Gasteiger partial charge < -0.3 is 4.90 Å². The molecular formula is C19H25N. The first-order chi connectivity index (χ1) is 9.59. The van der Waals surface area contributed by atoms with Gasteiger partial charge in [0.05, 0.1) is 0 Å². The van der Waals surface area contributed by atoms with Gasteiger partial charge in [-0.25, -0.2) is 0 Å². The van der Waals surface area contributed by atoms with Crippen molar-refractivity contribution >= 4 is 11.4 Å². The van der Waals surface area contributed by atoms with Gasteiger partial charge in [-0.3, -0.25) is 0 Å². The number of benzene rings is 2. The van der Waals surface area contributed by atoms with Crippen LogP contribution in [0.3, 0.4) is 0 Å². The Hall–Kier alpha value is -1.76. The van der Waals surface area contributed by atoms with E-state index < -0.39 is 0 Å². The minimum absolute atomic E-state index is 0.436. The third kappa shape index (κ3) is 3.41. The van der Waals surface area contributed by atoms with Crippen molar-refractivity contribution in [1.82, 2.24) is 0 Å². The summed E-state index contributed by atoms with van der Waals surface area (Å²) < 4.78 is 0. The molecule has 0 aliphatic heterocycles. The van der Waals surface area contributed by atoms with Gasteiger partial charge in [0.1, 0.15) is 0 Å². The molecule has 20 heavy (non-hydrogen) atoms. The van der Waals surface area contributed by atoms with Crippen molar-refractivity contribution < 1.29 is 0 Å². The molecule has 0 aromatic heterocycles. The van der Waals surface area contributed by atoms with Gasteiger partial charge >= 0.3 is 0 Å². The number of hydrogen-bond donors (Lipinski definition) is 0. The molecule has 0 amide bonds. The highest BCUT2D eigenvalue weighted by atomic mass is 15.2. The molecule has 106 valence electrons. The Balaban J connectivity index is 2.45. The molecule has 2 rings (SSSR count). The van der Waals surface area contributed by atoms with Crippen LogP contribution in [0.25, 0.3) is 0 Å². The Morgan fingerprint density at radius 2 is 1.40 bits per heavy atom. The zero-order valence-corrected chi connectivity index (χ0v) is 13.0. The van der Waals surface area contributed by atoms with Crippen LogP contribution in [-0.2, 0) is 6.42 Å². The van der Waals surface area contributed by atoms with E-state index in [4.69, 9.17) is 0 Å². The van der Waals surface area contributed by atoms with Crippen LogP contribution in [0.2, 0.25) is 0 Å². The molecule has 0 aliphatic rings. The lowest BCUT2D eigenvalue weighted by Gasteiger charge is -2.31. The predicted molar refractivity (Wildman–Crippen MR) is 88.7 cm³/mol. The second-order valence-electron chi connectivity index (χ2n) is 6.03. The van der Waals surface area contributed by atoms with Crippen molar-refractivity contribution in [3.63, 3.8) is 0 Å². The van der Waals surface area contributed by atoms with Crippen LogP contribution in [0.5, 0.6) is 0 Å². The smallest absolute Gasteiger partial charge is 0.0445 e. The Morgan fingerprint density at radius 3 is 2.00 bits per heavy atom. The fraction of sp³-hybridized carbons (Fsp3) is 0.368. The standard InChI is InChI=1S/C19H25N/c1-15(2)14-17-10-8-9-13-19(17)20(16(3)4)18-11-6-5-7-12-18/h5-13,15-16H,14H2,1-4H3. The van der Waals surface area contributed by atoms with E-state index >= 15 is 0 Å². The topological polar surface area (TPSA) is 3.24 Å². The Morgan fingerprint density at radius 1 is 0.800 bits per heavy atom. The lowest BCUT2D eigenvalue weighted by Crippen LogP contribution is -2.26. The van der Waals surface area contributed by atoms with E-state index in [1.807, 2.05) is 0 Å². The summed E-state index contributed by atoms with van der Waals surface area (Å²) in [6.07, 6.45) is 1.12. The van der Waals surface area contributed by atoms with Gasteiger partial charge in [-0.1, -0.05) is 50.2 Å². The number of nitrogens with zero attached hydrogens (tertiary/aromatic N) is 1. The molecule has 0 atom stereocenters. The van der Waals surface area contributed by atoms with Crippen LogP contribution in [0.4, 0.5) is 11.4 Å². The highest BCUT2D eigenvalue weighted by Gasteiger charge is 2.16. The largest absolute Gasteiger partial charge is 0.339 e. The van der Waals surface area contributed by atoms with Gasteiger partial charge in [0.15, 0.2) is 0 Å². The third-order valence-corrected chi connectivity index (χ3v) is 3.43. The van der Waals surface area contributed by atoms with Crippen LogP contribution >= 0.6 is 0 Å². The van der Waals surface area contributed by atoms with Crippen molar-refractivity contribution in [2.24, 2.45) is 5.92 Å². The normalized spacial score (nSPS) is 11.1. The van der Waals surface area contributed by atoms with Gasteiger partial charge in [0.25, 0.3) is 0 Å². The maximum Gasteiger partial charge on any atom is 0.0445 e. The summed E-state index contributed by atoms with van der Waals surface area (Å²) in [6, 6.07) is 19.9. The van der Waals surface area contributed by atoms with Crippen molar-refractivity contribution in [2.75, 3.05) is 4.90 Å². The quantitative estimate of drug-likeness (QED) is 0.698. The van der Waals surface area contributed by atoms with Gasteiger partial charge in [-0.2, -0.15) is 0 Å². The second-order valence-corrected chi connectivity index (χ2v) is 6.03. The Kier molecular flexibility index (Phi) is 4.84. The van der Waals surface area contributed by atoms with Crippen molar-refractivity contribution in [1.29, 1.82) is 0 Å². The molecule has 2 aromatic carbocycles. The van der Waals surface area contributed by atoms with Gasteiger partial charge in [0.2, 0.25) is 0 Å². The zero-order chi connectivity index (χ0) is 14.5. The molecule has 0 N–H and O–H groups in total. The fourth-order valence-electron chi connectivity index (χ4n) is 2.66. The van der Waals surface area contributed by atoms with E-state index in [9.17, 15) is 0 Å². The summed E-state index contributed by atoms with van der Waals surface area (Å²) in [6.45, 7) is 9.05. The SMILES string of the molecule is CC(C)Cc1ccccc1N(c1ccccc1)C(C)C.